The average Bonchev–Trinajstić information content (AvgIpc) is 3.71. The summed E-state index contributed by atoms with van der Waals surface area (Å²) in [6.45, 7) is 3.87. The molecule has 0 bridgehead atoms. The lowest BCUT2D eigenvalue weighted by molar-refractivity contribution is 0.0524. The maximum Gasteiger partial charge on any atom is 0.343 e. The van der Waals surface area contributed by atoms with E-state index in [-0.39, 0.29) is 47.1 Å². The third kappa shape index (κ3) is 4.61. The number of nitrogens with zero attached hydrogens (tertiary/aromatic N) is 2. The van der Waals surface area contributed by atoms with Crippen molar-refractivity contribution in [3.8, 4) is 16.9 Å². The van der Waals surface area contributed by atoms with Crippen LogP contribution in [0.15, 0.2) is 64.4 Å². The van der Waals surface area contributed by atoms with E-state index in [9.17, 15) is 18.0 Å². The number of hydrogen-bond acceptors (Lipinski definition) is 6. The van der Waals surface area contributed by atoms with Crippen LogP contribution in [0, 0.1) is 12.7 Å². The molecule has 3 aromatic carbocycles. The van der Waals surface area contributed by atoms with E-state index >= 15 is 4.39 Å². The van der Waals surface area contributed by atoms with Gasteiger partial charge in [0.05, 0.1) is 29.5 Å². The number of aryl methyl sites for hydroxylation is 1. The number of benzene rings is 3. The van der Waals surface area contributed by atoms with Crippen molar-refractivity contribution in [3.05, 3.63) is 93.0 Å². The van der Waals surface area contributed by atoms with Gasteiger partial charge in [-0.2, -0.15) is 4.31 Å². The molecule has 2 heterocycles. The molecule has 6 rings (SSSR count). The molecule has 2 aliphatic rings. The topological polar surface area (TPSA) is 94.9 Å². The molecule has 0 spiro atoms. The number of pyridine rings is 1. The monoisotopic (exact) mass is 576 g/mol. The standard InChI is InChI=1S/C31H29FN2O6S/c1-4-40-31(36)26-17-34(21-7-8-21)28-24(29(26)35)12-11-23(30(28)39-3)25-13-19-15-33(16-20(19)14-27(25)32)41(37,38)22-9-5-18(2)6-10-22/h5-6,9-14,17,21H,4,7-8,15-16H2,1-3H3. The van der Waals surface area contributed by atoms with E-state index in [1.165, 1.54) is 23.7 Å². The van der Waals surface area contributed by atoms with E-state index in [4.69, 9.17) is 9.47 Å². The number of esters is 1. The summed E-state index contributed by atoms with van der Waals surface area (Å²) in [5, 5.41) is 0.278. The van der Waals surface area contributed by atoms with E-state index in [2.05, 4.69) is 0 Å². The molecule has 0 amide bonds. The minimum Gasteiger partial charge on any atom is -0.494 e. The molecule has 41 heavy (non-hydrogen) atoms. The van der Waals surface area contributed by atoms with Crippen LogP contribution in [0.1, 0.15) is 52.9 Å². The summed E-state index contributed by atoms with van der Waals surface area (Å²) in [7, 11) is -2.31. The fourth-order valence-electron chi connectivity index (χ4n) is 5.46. The van der Waals surface area contributed by atoms with Gasteiger partial charge >= 0.3 is 5.97 Å². The van der Waals surface area contributed by atoms with E-state index in [1.54, 1.807) is 49.4 Å². The largest absolute Gasteiger partial charge is 0.494 e. The van der Waals surface area contributed by atoms with Crippen LogP contribution in [-0.4, -0.2) is 37.0 Å². The van der Waals surface area contributed by atoms with E-state index in [0.717, 1.165) is 18.4 Å². The summed E-state index contributed by atoms with van der Waals surface area (Å²) >= 11 is 0. The number of carbonyl (C=O) groups excluding carboxylic acids is 1. The second kappa shape index (κ2) is 10.1. The molecule has 1 aliphatic heterocycles. The maximum atomic E-state index is 15.7. The molecule has 0 N–H and O–H groups in total. The second-order valence-electron chi connectivity index (χ2n) is 10.5. The molecule has 4 aromatic rings. The number of fused-ring (bicyclic) bond motifs is 2. The highest BCUT2D eigenvalue weighted by molar-refractivity contribution is 7.89. The SMILES string of the molecule is CCOC(=O)c1cn(C2CC2)c2c(OC)c(-c3cc4c(cc3F)CN(S(=O)(=O)c3ccc(C)cc3)C4)ccc2c1=O. The molecule has 0 unspecified atom stereocenters. The van der Waals surface area contributed by atoms with Crippen LogP contribution >= 0.6 is 0 Å². The molecule has 0 radical (unpaired) electrons. The molecule has 0 saturated heterocycles. The fourth-order valence-corrected chi connectivity index (χ4v) is 6.85. The Morgan fingerprint density at radius 1 is 1.02 bits per heavy atom. The quantitative estimate of drug-likeness (QED) is 0.276. The maximum absolute atomic E-state index is 15.7. The molecule has 0 atom stereocenters. The Labute approximate surface area is 237 Å². The first-order valence-electron chi connectivity index (χ1n) is 13.5. The van der Waals surface area contributed by atoms with Gasteiger partial charge in [-0.3, -0.25) is 4.79 Å². The zero-order chi connectivity index (χ0) is 29.1. The van der Waals surface area contributed by atoms with Crippen LogP contribution in [0.5, 0.6) is 5.75 Å². The third-order valence-corrected chi connectivity index (χ3v) is 9.52. The highest BCUT2D eigenvalue weighted by Crippen LogP contribution is 2.44. The molecule has 212 valence electrons. The van der Waals surface area contributed by atoms with Gasteiger partial charge in [0.2, 0.25) is 15.5 Å². The van der Waals surface area contributed by atoms with Crippen molar-refractivity contribution in [3.63, 3.8) is 0 Å². The molecule has 10 heteroatoms. The number of sulfonamides is 1. The van der Waals surface area contributed by atoms with Crippen molar-refractivity contribution < 1.29 is 27.1 Å². The Hall–Kier alpha value is -4.02. The first-order chi connectivity index (χ1) is 19.6. The molecular formula is C31H29FN2O6S. The van der Waals surface area contributed by atoms with Gasteiger partial charge in [0.25, 0.3) is 0 Å². The van der Waals surface area contributed by atoms with Gasteiger partial charge < -0.3 is 14.0 Å². The van der Waals surface area contributed by atoms with Crippen molar-refractivity contribution in [1.82, 2.24) is 8.87 Å². The number of aromatic nitrogens is 1. The molecule has 1 aliphatic carbocycles. The Kier molecular flexibility index (Phi) is 6.70. The van der Waals surface area contributed by atoms with Gasteiger partial charge in [-0.25, -0.2) is 17.6 Å². The van der Waals surface area contributed by atoms with E-state index in [0.29, 0.717) is 28.0 Å². The molecule has 1 saturated carbocycles. The van der Waals surface area contributed by atoms with Crippen LogP contribution in [0.4, 0.5) is 4.39 Å². The highest BCUT2D eigenvalue weighted by atomic mass is 32.2. The number of halogens is 1. The van der Waals surface area contributed by atoms with Gasteiger partial charge in [-0.05, 0) is 74.2 Å². The predicted octanol–water partition coefficient (Wildman–Crippen LogP) is 5.34. The van der Waals surface area contributed by atoms with Gasteiger partial charge in [0.1, 0.15) is 11.4 Å². The van der Waals surface area contributed by atoms with Gasteiger partial charge in [0.15, 0.2) is 5.75 Å². The van der Waals surface area contributed by atoms with Crippen molar-refractivity contribution in [1.29, 1.82) is 0 Å². The van der Waals surface area contributed by atoms with Crippen LogP contribution in [-0.2, 0) is 27.8 Å². The number of carbonyl (C=O) groups is 1. The first-order valence-corrected chi connectivity index (χ1v) is 14.9. The van der Waals surface area contributed by atoms with E-state index in [1.807, 2.05) is 11.5 Å². The van der Waals surface area contributed by atoms with Crippen LogP contribution in [0.25, 0.3) is 22.0 Å². The van der Waals surface area contributed by atoms with Gasteiger partial charge in [0, 0.05) is 36.5 Å². The average molecular weight is 577 g/mol. The smallest absolute Gasteiger partial charge is 0.343 e. The highest BCUT2D eigenvalue weighted by Gasteiger charge is 2.33. The minimum absolute atomic E-state index is 0.0559. The number of hydrogen-bond donors (Lipinski definition) is 0. The van der Waals surface area contributed by atoms with Crippen molar-refractivity contribution >= 4 is 26.9 Å². The minimum atomic E-state index is -3.77. The number of rotatable bonds is 7. The Morgan fingerprint density at radius 3 is 2.34 bits per heavy atom. The Morgan fingerprint density at radius 2 is 1.71 bits per heavy atom. The lowest BCUT2D eigenvalue weighted by atomic mass is 9.97. The van der Waals surface area contributed by atoms with Gasteiger partial charge in [-0.1, -0.05) is 17.7 Å². The van der Waals surface area contributed by atoms with Crippen molar-refractivity contribution in [2.24, 2.45) is 0 Å². The summed E-state index contributed by atoms with van der Waals surface area (Å²) in [6, 6.07) is 12.9. The summed E-state index contributed by atoms with van der Waals surface area (Å²) < 4.78 is 56.4. The lowest BCUT2D eigenvalue weighted by Gasteiger charge is -2.18. The van der Waals surface area contributed by atoms with Gasteiger partial charge in [-0.15, -0.1) is 0 Å². The lowest BCUT2D eigenvalue weighted by Crippen LogP contribution is -2.25. The second-order valence-corrected chi connectivity index (χ2v) is 12.4. The first kappa shape index (κ1) is 27.2. The van der Waals surface area contributed by atoms with E-state index < -0.39 is 27.2 Å². The molecule has 1 fully saturated rings. The van der Waals surface area contributed by atoms with Crippen molar-refractivity contribution in [2.45, 2.75) is 50.7 Å². The Bertz CT molecular complexity index is 1880. The fraction of sp³-hybridized carbons (Fsp3) is 0.290. The predicted molar refractivity (Wildman–Crippen MR) is 152 cm³/mol. The van der Waals surface area contributed by atoms with Crippen LogP contribution < -0.4 is 10.2 Å². The summed E-state index contributed by atoms with van der Waals surface area (Å²) in [5.41, 5.74) is 2.85. The summed E-state index contributed by atoms with van der Waals surface area (Å²) in [6.07, 6.45) is 3.25. The zero-order valence-corrected chi connectivity index (χ0v) is 23.8. The zero-order valence-electron chi connectivity index (χ0n) is 22.9. The summed E-state index contributed by atoms with van der Waals surface area (Å²) in [5.74, 6) is -0.908. The number of methoxy groups -OCH3 is 1. The number of ether oxygens (including phenoxy) is 2. The Balaban J connectivity index is 1.45. The molecule has 8 nitrogen and oxygen atoms in total. The van der Waals surface area contributed by atoms with Crippen molar-refractivity contribution in [2.75, 3.05) is 13.7 Å². The summed E-state index contributed by atoms with van der Waals surface area (Å²) in [4.78, 5) is 26.1. The third-order valence-electron chi connectivity index (χ3n) is 7.72. The van der Waals surface area contributed by atoms with Crippen LogP contribution in [0.2, 0.25) is 0 Å². The van der Waals surface area contributed by atoms with Crippen LogP contribution in [0.3, 0.4) is 0 Å². The molecule has 1 aromatic heterocycles. The molecular weight excluding hydrogens is 547 g/mol. The normalized spacial score (nSPS) is 15.2.